The second-order valence-corrected chi connectivity index (χ2v) is 12.1. The highest BCUT2D eigenvalue weighted by atomic mass is 16.5. The van der Waals surface area contributed by atoms with Crippen molar-refractivity contribution in [2.45, 2.75) is 97.5 Å². The lowest BCUT2D eigenvalue weighted by molar-refractivity contribution is -0.151. The highest BCUT2D eigenvalue weighted by Gasteiger charge is 2.57. The van der Waals surface area contributed by atoms with E-state index in [-0.39, 0.29) is 28.7 Å². The molecule has 0 unspecified atom stereocenters. The smallest absolute Gasteiger partial charge is 0.307 e. The molecule has 0 spiro atoms. The fourth-order valence-corrected chi connectivity index (χ4v) is 8.52. The summed E-state index contributed by atoms with van der Waals surface area (Å²) in [6.45, 7) is 9.71. The highest BCUT2D eigenvalue weighted by Crippen LogP contribution is 2.65. The SMILES string of the molecule is CC(=O)C1=CC[C@H]2[C@H]3CC=C4C[C@@H](OC(=O)CCN5CCCCC5)CC[C@]4(C)[C@H]3CC[C@]12C. The minimum absolute atomic E-state index is 0.00862. The van der Waals surface area contributed by atoms with Gasteiger partial charge in [-0.3, -0.25) is 9.59 Å². The molecule has 2 saturated carbocycles. The summed E-state index contributed by atoms with van der Waals surface area (Å²) < 4.78 is 5.99. The number of hydrogen-bond donors (Lipinski definition) is 0. The zero-order valence-corrected chi connectivity index (χ0v) is 21.0. The minimum atomic E-state index is -0.00862. The molecule has 1 saturated heterocycles. The number of carbonyl (C=O) groups is 2. The zero-order valence-electron chi connectivity index (χ0n) is 21.0. The van der Waals surface area contributed by atoms with Crippen LogP contribution >= 0.6 is 0 Å². The number of rotatable bonds is 5. The van der Waals surface area contributed by atoms with Gasteiger partial charge >= 0.3 is 5.97 Å². The maximum atomic E-state index is 12.6. The second-order valence-electron chi connectivity index (χ2n) is 12.1. The largest absolute Gasteiger partial charge is 0.462 e. The monoisotopic (exact) mass is 453 g/mol. The van der Waals surface area contributed by atoms with Crippen LogP contribution in [0.15, 0.2) is 23.3 Å². The number of ether oxygens (including phenoxy) is 1. The average Bonchev–Trinajstić information content (AvgIpc) is 3.16. The maximum absolute atomic E-state index is 12.6. The Balaban J connectivity index is 1.21. The molecule has 0 aromatic carbocycles. The third-order valence-electron chi connectivity index (χ3n) is 10.4. The Labute approximate surface area is 200 Å². The van der Waals surface area contributed by atoms with Crippen molar-refractivity contribution in [3.8, 4) is 0 Å². The topological polar surface area (TPSA) is 46.6 Å². The summed E-state index contributed by atoms with van der Waals surface area (Å²) in [7, 11) is 0. The number of Topliss-reactive ketones (excluding diaryl/α,β-unsaturated/α-hetero) is 1. The first-order valence-corrected chi connectivity index (χ1v) is 13.6. The Morgan fingerprint density at radius 1 is 1.00 bits per heavy atom. The molecule has 4 heteroatoms. The summed E-state index contributed by atoms with van der Waals surface area (Å²) in [4.78, 5) is 27.3. The number of allylic oxidation sites excluding steroid dienone is 3. The number of piperidine rings is 1. The number of carbonyl (C=O) groups excluding carboxylic acids is 2. The lowest BCUT2D eigenvalue weighted by Crippen LogP contribution is -2.50. The van der Waals surface area contributed by atoms with Crippen LogP contribution in [0.3, 0.4) is 0 Å². The molecule has 3 fully saturated rings. The van der Waals surface area contributed by atoms with Crippen molar-refractivity contribution in [3.63, 3.8) is 0 Å². The van der Waals surface area contributed by atoms with Gasteiger partial charge in [-0.15, -0.1) is 0 Å². The van der Waals surface area contributed by atoms with E-state index in [9.17, 15) is 9.59 Å². The van der Waals surface area contributed by atoms with Crippen LogP contribution in [0.25, 0.3) is 0 Å². The molecule has 0 aromatic heterocycles. The molecule has 33 heavy (non-hydrogen) atoms. The van der Waals surface area contributed by atoms with Gasteiger partial charge in [-0.05, 0) is 106 Å². The molecule has 1 aliphatic heterocycles. The first-order valence-electron chi connectivity index (χ1n) is 13.6. The Kier molecular flexibility index (Phi) is 6.35. The lowest BCUT2D eigenvalue weighted by Gasteiger charge is -2.57. The lowest BCUT2D eigenvalue weighted by atomic mass is 9.47. The average molecular weight is 454 g/mol. The fourth-order valence-electron chi connectivity index (χ4n) is 8.52. The maximum Gasteiger partial charge on any atom is 0.307 e. The van der Waals surface area contributed by atoms with Crippen LogP contribution in [-0.4, -0.2) is 42.4 Å². The Hall–Kier alpha value is -1.42. The summed E-state index contributed by atoms with van der Waals surface area (Å²) >= 11 is 0. The molecule has 0 bridgehead atoms. The fraction of sp³-hybridized carbons (Fsp3) is 0.793. The molecule has 1 heterocycles. The van der Waals surface area contributed by atoms with Crippen LogP contribution < -0.4 is 0 Å². The summed E-state index contributed by atoms with van der Waals surface area (Å²) in [5.41, 5.74) is 2.96. The van der Waals surface area contributed by atoms with Gasteiger partial charge in [0.1, 0.15) is 6.10 Å². The Bertz CT molecular complexity index is 853. The summed E-state index contributed by atoms with van der Waals surface area (Å²) in [5.74, 6) is 2.25. The normalized spacial score (nSPS) is 40.7. The minimum Gasteiger partial charge on any atom is -0.462 e. The first-order chi connectivity index (χ1) is 15.8. The van der Waals surface area contributed by atoms with E-state index < -0.39 is 0 Å². The van der Waals surface area contributed by atoms with E-state index in [1.54, 1.807) is 12.5 Å². The van der Waals surface area contributed by atoms with Gasteiger partial charge in [0.2, 0.25) is 0 Å². The van der Waals surface area contributed by atoms with E-state index in [0.717, 1.165) is 63.7 Å². The summed E-state index contributed by atoms with van der Waals surface area (Å²) in [6.07, 6.45) is 16.8. The molecule has 4 nitrogen and oxygen atoms in total. The second kappa shape index (κ2) is 8.98. The van der Waals surface area contributed by atoms with Gasteiger partial charge < -0.3 is 9.64 Å². The highest BCUT2D eigenvalue weighted by molar-refractivity contribution is 5.95. The zero-order chi connectivity index (χ0) is 23.2. The van der Waals surface area contributed by atoms with Gasteiger partial charge in [0.05, 0.1) is 6.42 Å². The van der Waals surface area contributed by atoms with Gasteiger partial charge in [0.15, 0.2) is 5.78 Å². The van der Waals surface area contributed by atoms with Gasteiger partial charge in [-0.25, -0.2) is 0 Å². The van der Waals surface area contributed by atoms with Crippen molar-refractivity contribution in [2.75, 3.05) is 19.6 Å². The standard InChI is InChI=1S/C29H43NO3/c1-20(31)24-9-10-25-23-8-7-21-19-22(33-27(32)13-18-30-16-5-4-6-17-30)11-14-28(21,2)26(23)12-15-29(24,25)3/h7,9,22-23,25-26H,4-6,8,10-19H2,1-3H3/t22-,23+,25-,26-,28-,29+/m0/s1. The molecule has 6 atom stereocenters. The molecule has 5 rings (SSSR count). The number of nitrogens with zero attached hydrogens (tertiary/aromatic N) is 1. The van der Waals surface area contributed by atoms with Crippen LogP contribution in [0.2, 0.25) is 0 Å². The van der Waals surface area contributed by atoms with E-state index >= 15 is 0 Å². The molecule has 182 valence electrons. The molecular formula is C29H43NO3. The predicted octanol–water partition coefficient (Wildman–Crippen LogP) is 5.86. The Morgan fingerprint density at radius 2 is 1.76 bits per heavy atom. The molecule has 0 aromatic rings. The van der Waals surface area contributed by atoms with Crippen molar-refractivity contribution in [2.24, 2.45) is 28.6 Å². The quantitative estimate of drug-likeness (QED) is 0.386. The van der Waals surface area contributed by atoms with E-state index in [1.165, 1.54) is 25.7 Å². The van der Waals surface area contributed by atoms with Crippen molar-refractivity contribution >= 4 is 11.8 Å². The van der Waals surface area contributed by atoms with Crippen LogP contribution in [0, 0.1) is 28.6 Å². The molecule has 0 amide bonds. The molecule has 0 radical (unpaired) electrons. The first kappa shape index (κ1) is 23.3. The van der Waals surface area contributed by atoms with Crippen molar-refractivity contribution < 1.29 is 14.3 Å². The Morgan fingerprint density at radius 3 is 2.52 bits per heavy atom. The van der Waals surface area contributed by atoms with E-state index in [2.05, 4.69) is 30.9 Å². The van der Waals surface area contributed by atoms with E-state index in [0.29, 0.717) is 24.2 Å². The van der Waals surface area contributed by atoms with Crippen molar-refractivity contribution in [1.29, 1.82) is 0 Å². The molecule has 5 aliphatic rings. The van der Waals surface area contributed by atoms with Gasteiger partial charge in [0, 0.05) is 13.0 Å². The molecular weight excluding hydrogens is 410 g/mol. The third kappa shape index (κ3) is 4.15. The van der Waals surface area contributed by atoms with Crippen LogP contribution in [0.5, 0.6) is 0 Å². The molecule has 4 aliphatic carbocycles. The predicted molar refractivity (Wildman–Crippen MR) is 131 cm³/mol. The summed E-state index contributed by atoms with van der Waals surface area (Å²) in [5, 5.41) is 0. The van der Waals surface area contributed by atoms with Crippen LogP contribution in [0.1, 0.15) is 91.4 Å². The molecule has 0 N–H and O–H groups in total. The number of hydrogen-bond acceptors (Lipinski definition) is 4. The van der Waals surface area contributed by atoms with Crippen LogP contribution in [-0.2, 0) is 14.3 Å². The van der Waals surface area contributed by atoms with Crippen molar-refractivity contribution in [3.05, 3.63) is 23.3 Å². The number of fused-ring (bicyclic) bond motifs is 5. The summed E-state index contributed by atoms with van der Waals surface area (Å²) in [6, 6.07) is 0. The number of likely N-dealkylation sites (tertiary alicyclic amines) is 1. The van der Waals surface area contributed by atoms with Gasteiger partial charge in [-0.2, -0.15) is 0 Å². The van der Waals surface area contributed by atoms with Gasteiger partial charge in [0.25, 0.3) is 0 Å². The number of esters is 1. The van der Waals surface area contributed by atoms with Gasteiger partial charge in [-0.1, -0.05) is 38.0 Å². The van der Waals surface area contributed by atoms with E-state index in [4.69, 9.17) is 4.74 Å². The van der Waals surface area contributed by atoms with Crippen molar-refractivity contribution in [1.82, 2.24) is 4.90 Å². The number of ketones is 1. The van der Waals surface area contributed by atoms with Crippen LogP contribution in [0.4, 0.5) is 0 Å². The van der Waals surface area contributed by atoms with E-state index in [1.807, 2.05) is 0 Å². The third-order valence-corrected chi connectivity index (χ3v) is 10.4.